The van der Waals surface area contributed by atoms with Gasteiger partial charge in [-0.25, -0.2) is 9.97 Å². The van der Waals surface area contributed by atoms with E-state index in [4.69, 9.17) is 0 Å². The fraction of sp³-hybridized carbons (Fsp3) is 0.692. The average Bonchev–Trinajstić information content (AvgIpc) is 2.15. The van der Waals surface area contributed by atoms with Gasteiger partial charge >= 0.3 is 0 Å². The van der Waals surface area contributed by atoms with Gasteiger partial charge in [-0.3, -0.25) is 0 Å². The molecule has 0 fully saturated rings. The normalized spacial score (nSPS) is 12.6. The second-order valence-electron chi connectivity index (χ2n) is 5.90. The maximum Gasteiger partial charge on any atom is 0.130 e. The van der Waals surface area contributed by atoms with E-state index in [1.807, 2.05) is 0 Å². The Bertz CT molecular complexity index is 350. The van der Waals surface area contributed by atoms with E-state index in [0.717, 1.165) is 17.9 Å². The molecule has 90 valence electrons. The van der Waals surface area contributed by atoms with Crippen LogP contribution in [0.3, 0.4) is 0 Å². The molecule has 0 atom stereocenters. The molecule has 3 nitrogen and oxygen atoms in total. The van der Waals surface area contributed by atoms with Crippen LogP contribution in [0.1, 0.15) is 53.7 Å². The molecule has 1 aromatic heterocycles. The molecule has 0 aliphatic heterocycles. The predicted octanol–water partition coefficient (Wildman–Crippen LogP) is 3.37. The topological polar surface area (TPSA) is 37.8 Å². The van der Waals surface area contributed by atoms with Crippen molar-refractivity contribution in [2.75, 3.05) is 5.32 Å². The van der Waals surface area contributed by atoms with Gasteiger partial charge in [-0.15, -0.1) is 0 Å². The smallest absolute Gasteiger partial charge is 0.130 e. The third-order valence-corrected chi connectivity index (χ3v) is 2.75. The number of rotatable bonds is 3. The van der Waals surface area contributed by atoms with Gasteiger partial charge in [0.25, 0.3) is 0 Å². The van der Waals surface area contributed by atoms with Gasteiger partial charge in [-0.1, -0.05) is 20.8 Å². The molecule has 1 aromatic rings. The molecule has 0 amide bonds. The molecule has 3 heteroatoms. The summed E-state index contributed by atoms with van der Waals surface area (Å²) in [6.07, 6.45) is 2.71. The van der Waals surface area contributed by atoms with E-state index in [9.17, 15) is 0 Å². The largest absolute Gasteiger partial charge is 0.365 e. The van der Waals surface area contributed by atoms with E-state index in [1.54, 1.807) is 6.33 Å². The van der Waals surface area contributed by atoms with Gasteiger partial charge in [-0.05, 0) is 27.2 Å². The maximum atomic E-state index is 4.36. The second kappa shape index (κ2) is 4.40. The highest BCUT2D eigenvalue weighted by atomic mass is 15.1. The van der Waals surface area contributed by atoms with Crippen LogP contribution in [0.25, 0.3) is 0 Å². The summed E-state index contributed by atoms with van der Waals surface area (Å²) in [5.74, 6) is 0.902. The van der Waals surface area contributed by atoms with Crippen LogP contribution in [-0.2, 0) is 5.41 Å². The van der Waals surface area contributed by atoms with Crippen LogP contribution in [0.5, 0.6) is 0 Å². The zero-order valence-corrected chi connectivity index (χ0v) is 11.3. The summed E-state index contributed by atoms with van der Waals surface area (Å²) in [5, 5.41) is 3.37. The van der Waals surface area contributed by atoms with Crippen molar-refractivity contribution in [2.45, 2.75) is 58.9 Å². The minimum atomic E-state index is 0.0297. The van der Waals surface area contributed by atoms with E-state index in [1.165, 1.54) is 0 Å². The van der Waals surface area contributed by atoms with Crippen LogP contribution in [0.4, 0.5) is 5.82 Å². The average molecular weight is 221 g/mol. The van der Waals surface area contributed by atoms with Crippen molar-refractivity contribution in [3.05, 3.63) is 18.1 Å². The van der Waals surface area contributed by atoms with Crippen molar-refractivity contribution in [1.29, 1.82) is 0 Å². The van der Waals surface area contributed by atoms with Crippen LogP contribution in [0, 0.1) is 0 Å². The SMILES string of the molecule is CCC(C)(C)c1cc(NC(C)(C)C)ncn1. The third kappa shape index (κ3) is 3.47. The van der Waals surface area contributed by atoms with Gasteiger partial charge in [0, 0.05) is 17.0 Å². The van der Waals surface area contributed by atoms with Gasteiger partial charge in [0.15, 0.2) is 0 Å². The minimum Gasteiger partial charge on any atom is -0.365 e. The zero-order valence-electron chi connectivity index (χ0n) is 11.3. The number of hydrogen-bond acceptors (Lipinski definition) is 3. The Balaban J connectivity index is 2.96. The van der Waals surface area contributed by atoms with Gasteiger partial charge < -0.3 is 5.32 Å². The fourth-order valence-corrected chi connectivity index (χ4v) is 1.36. The Morgan fingerprint density at radius 3 is 2.25 bits per heavy atom. The van der Waals surface area contributed by atoms with Crippen LogP contribution in [-0.4, -0.2) is 15.5 Å². The summed E-state index contributed by atoms with van der Waals surface area (Å²) in [6, 6.07) is 2.05. The van der Waals surface area contributed by atoms with Crippen molar-refractivity contribution in [1.82, 2.24) is 9.97 Å². The lowest BCUT2D eigenvalue weighted by atomic mass is 9.86. The van der Waals surface area contributed by atoms with E-state index in [0.29, 0.717) is 0 Å². The van der Waals surface area contributed by atoms with Crippen molar-refractivity contribution in [3.8, 4) is 0 Å². The lowest BCUT2D eigenvalue weighted by molar-refractivity contribution is 0.489. The Morgan fingerprint density at radius 2 is 1.75 bits per heavy atom. The molecule has 0 unspecified atom stereocenters. The Morgan fingerprint density at radius 1 is 1.12 bits per heavy atom. The molecule has 1 heterocycles. The second-order valence-corrected chi connectivity index (χ2v) is 5.90. The highest BCUT2D eigenvalue weighted by molar-refractivity contribution is 5.38. The van der Waals surface area contributed by atoms with Crippen LogP contribution in [0.2, 0.25) is 0 Å². The van der Waals surface area contributed by atoms with E-state index < -0.39 is 0 Å². The van der Waals surface area contributed by atoms with Crippen molar-refractivity contribution in [2.24, 2.45) is 0 Å². The Kier molecular flexibility index (Phi) is 3.56. The minimum absolute atomic E-state index is 0.0297. The molecular formula is C13H23N3. The molecule has 0 bridgehead atoms. The molecular weight excluding hydrogens is 198 g/mol. The van der Waals surface area contributed by atoms with Crippen molar-refractivity contribution >= 4 is 5.82 Å². The Hall–Kier alpha value is -1.12. The van der Waals surface area contributed by atoms with E-state index >= 15 is 0 Å². The molecule has 1 N–H and O–H groups in total. The molecule has 0 aromatic carbocycles. The van der Waals surface area contributed by atoms with Crippen molar-refractivity contribution < 1.29 is 0 Å². The van der Waals surface area contributed by atoms with Gasteiger partial charge in [-0.2, -0.15) is 0 Å². The molecule has 0 radical (unpaired) electrons. The predicted molar refractivity (Wildman–Crippen MR) is 68.7 cm³/mol. The highest BCUT2D eigenvalue weighted by Gasteiger charge is 2.21. The summed E-state index contributed by atoms with van der Waals surface area (Å²) in [4.78, 5) is 8.61. The number of aromatic nitrogens is 2. The fourth-order valence-electron chi connectivity index (χ4n) is 1.36. The number of nitrogens with zero attached hydrogens (tertiary/aromatic N) is 2. The summed E-state index contributed by atoms with van der Waals surface area (Å²) < 4.78 is 0. The first-order valence-electron chi connectivity index (χ1n) is 5.85. The van der Waals surface area contributed by atoms with Gasteiger partial charge in [0.1, 0.15) is 12.1 Å². The monoisotopic (exact) mass is 221 g/mol. The molecule has 0 saturated heterocycles. The van der Waals surface area contributed by atoms with Gasteiger partial charge in [0.2, 0.25) is 0 Å². The summed E-state index contributed by atoms with van der Waals surface area (Å²) in [6.45, 7) is 13.0. The molecule has 0 spiro atoms. The number of hydrogen-bond donors (Lipinski definition) is 1. The van der Waals surface area contributed by atoms with Crippen LogP contribution in [0.15, 0.2) is 12.4 Å². The molecule has 0 aliphatic rings. The summed E-state index contributed by atoms with van der Waals surface area (Å²) in [7, 11) is 0. The number of anilines is 1. The van der Waals surface area contributed by atoms with Crippen LogP contribution >= 0.6 is 0 Å². The first kappa shape index (κ1) is 12.9. The van der Waals surface area contributed by atoms with Crippen LogP contribution < -0.4 is 5.32 Å². The van der Waals surface area contributed by atoms with Gasteiger partial charge in [0.05, 0.1) is 5.69 Å². The quantitative estimate of drug-likeness (QED) is 0.850. The molecule has 0 aliphatic carbocycles. The number of nitrogens with one attached hydrogen (secondary N) is 1. The maximum absolute atomic E-state index is 4.36. The Labute approximate surface area is 98.7 Å². The lowest BCUT2D eigenvalue weighted by Gasteiger charge is -2.25. The lowest BCUT2D eigenvalue weighted by Crippen LogP contribution is -2.27. The molecule has 16 heavy (non-hydrogen) atoms. The summed E-state index contributed by atoms with van der Waals surface area (Å²) >= 11 is 0. The van der Waals surface area contributed by atoms with E-state index in [2.05, 4.69) is 62.9 Å². The first-order valence-corrected chi connectivity index (χ1v) is 5.85. The first-order chi connectivity index (χ1) is 7.24. The molecule has 0 saturated carbocycles. The zero-order chi connectivity index (χ0) is 12.4. The van der Waals surface area contributed by atoms with Crippen molar-refractivity contribution in [3.63, 3.8) is 0 Å². The standard InChI is InChI=1S/C13H23N3/c1-7-13(5,6)10-8-11(15-9-14-10)16-12(2,3)4/h8-9H,7H2,1-6H3,(H,14,15,16). The third-order valence-electron chi connectivity index (χ3n) is 2.75. The highest BCUT2D eigenvalue weighted by Crippen LogP contribution is 2.26. The summed E-state index contributed by atoms with van der Waals surface area (Å²) in [5.41, 5.74) is 1.23. The van der Waals surface area contributed by atoms with E-state index in [-0.39, 0.29) is 11.0 Å². The molecule has 1 rings (SSSR count).